The third-order valence-electron chi connectivity index (χ3n) is 15.6. The highest BCUT2D eigenvalue weighted by molar-refractivity contribution is 5.98. The molecule has 2 aliphatic rings. The van der Waals surface area contributed by atoms with Crippen LogP contribution in [0.2, 0.25) is 0 Å². The summed E-state index contributed by atoms with van der Waals surface area (Å²) >= 11 is 0. The molecule has 2 aliphatic heterocycles. The van der Waals surface area contributed by atoms with Crippen molar-refractivity contribution in [2.75, 3.05) is 60.6 Å². The monoisotopic (exact) mass is 1230 g/mol. The van der Waals surface area contributed by atoms with E-state index in [2.05, 4.69) is 29.9 Å². The largest absolute Gasteiger partial charge is 0.493 e. The quantitative estimate of drug-likeness (QED) is 0.0755. The molecule has 0 aliphatic carbocycles. The summed E-state index contributed by atoms with van der Waals surface area (Å²) in [6.45, 7) is 8.29. The van der Waals surface area contributed by atoms with Gasteiger partial charge in [0.1, 0.15) is 22.9 Å². The summed E-state index contributed by atoms with van der Waals surface area (Å²) < 4.78 is 48.0. The number of aryl methyl sites for hydroxylation is 2. The van der Waals surface area contributed by atoms with Crippen molar-refractivity contribution in [2.45, 2.75) is 59.0 Å². The topological polar surface area (TPSA) is 276 Å². The minimum atomic E-state index is -1.19. The molecule has 0 saturated carbocycles. The predicted octanol–water partition coefficient (Wildman–Crippen LogP) is 11.2. The highest BCUT2D eigenvalue weighted by Crippen LogP contribution is 2.38. The number of aromatic carboxylic acids is 1. The van der Waals surface area contributed by atoms with E-state index in [1.54, 1.807) is 83.6 Å². The van der Waals surface area contributed by atoms with Crippen LogP contribution in [0.4, 0.5) is 5.95 Å². The zero-order valence-corrected chi connectivity index (χ0v) is 51.3. The lowest BCUT2D eigenvalue weighted by Gasteiger charge is -2.23. The number of carbonyl (C=O) groups excluding carboxylic acids is 1. The van der Waals surface area contributed by atoms with Gasteiger partial charge in [-0.15, -0.1) is 0 Å². The van der Waals surface area contributed by atoms with Gasteiger partial charge in [0.15, 0.2) is 45.7 Å². The van der Waals surface area contributed by atoms with E-state index in [4.69, 9.17) is 43.6 Å². The molecule has 22 heteroatoms. The smallest absolute Gasteiger partial charge is 0.341 e. The number of carboxylic acids is 1. The Morgan fingerprint density at radius 1 is 0.527 bits per heavy atom. The third kappa shape index (κ3) is 15.8. The normalized spacial score (nSPS) is 13.3. The molecule has 2 fully saturated rings. The van der Waals surface area contributed by atoms with Crippen LogP contribution >= 0.6 is 0 Å². The first-order chi connectivity index (χ1) is 44.2. The van der Waals surface area contributed by atoms with Gasteiger partial charge < -0.3 is 57.9 Å². The van der Waals surface area contributed by atoms with Gasteiger partial charge in [0, 0.05) is 111 Å². The molecule has 6 aromatic heterocycles. The van der Waals surface area contributed by atoms with Crippen molar-refractivity contribution in [2.24, 2.45) is 11.8 Å². The SMILES string of the molecule is COc1cc2nccc(Oc3cnc(CC(=O)c4cn(CC5CCOCC5)cc(-c5ccc(C)cc5)c4=O)nc3)c2cc1OC.COc1cc2nccc(Oc3cnc(N)nc3)c2cc1OC.Cc1ccc(-c2cn(CC3CCOCC3)cc(C(=O)O)c2=O)cc1. The Labute approximate surface area is 524 Å². The van der Waals surface area contributed by atoms with E-state index < -0.39 is 11.4 Å². The number of aromatic nitrogens is 8. The Morgan fingerprint density at radius 3 is 1.34 bits per heavy atom. The molecule has 10 aromatic rings. The molecule has 4 aromatic carbocycles. The predicted molar refractivity (Wildman–Crippen MR) is 342 cm³/mol. The fourth-order valence-electron chi connectivity index (χ4n) is 10.6. The number of hydrogen-bond acceptors (Lipinski definition) is 19. The van der Waals surface area contributed by atoms with Crippen molar-refractivity contribution in [1.82, 2.24) is 39.0 Å². The number of methoxy groups -OCH3 is 4. The summed E-state index contributed by atoms with van der Waals surface area (Å²) in [5.74, 6) is 4.12. The lowest BCUT2D eigenvalue weighted by Crippen LogP contribution is -2.25. The lowest BCUT2D eigenvalue weighted by molar-refractivity contribution is 0.0609. The fraction of sp³-hybridized carbons (Fsp3) is 0.275. The van der Waals surface area contributed by atoms with Gasteiger partial charge in [-0.1, -0.05) is 59.7 Å². The van der Waals surface area contributed by atoms with Crippen LogP contribution in [-0.4, -0.2) is 111 Å². The summed E-state index contributed by atoms with van der Waals surface area (Å²) in [6.07, 6.45) is 19.7. The number of fused-ring (bicyclic) bond motifs is 2. The van der Waals surface area contributed by atoms with Crippen LogP contribution in [0.25, 0.3) is 44.1 Å². The van der Waals surface area contributed by atoms with E-state index in [1.165, 1.54) is 31.0 Å². The van der Waals surface area contributed by atoms with Crippen LogP contribution in [0.3, 0.4) is 0 Å². The zero-order valence-electron chi connectivity index (χ0n) is 51.3. The molecule has 0 atom stereocenters. The Morgan fingerprint density at radius 2 is 0.923 bits per heavy atom. The molecule has 3 N–H and O–H groups in total. The summed E-state index contributed by atoms with van der Waals surface area (Å²) in [4.78, 5) is 76.5. The van der Waals surface area contributed by atoms with Crippen LogP contribution in [0.5, 0.6) is 46.0 Å². The second-order valence-corrected chi connectivity index (χ2v) is 21.9. The van der Waals surface area contributed by atoms with E-state index >= 15 is 0 Å². The maximum Gasteiger partial charge on any atom is 0.341 e. The van der Waals surface area contributed by atoms with Crippen molar-refractivity contribution in [3.05, 3.63) is 195 Å². The van der Waals surface area contributed by atoms with Crippen molar-refractivity contribution in [1.29, 1.82) is 0 Å². The number of anilines is 1. The van der Waals surface area contributed by atoms with E-state index in [9.17, 15) is 24.3 Å². The van der Waals surface area contributed by atoms with Gasteiger partial charge in [-0.2, -0.15) is 0 Å². The third-order valence-corrected chi connectivity index (χ3v) is 15.6. The van der Waals surface area contributed by atoms with E-state index in [-0.39, 0.29) is 40.5 Å². The van der Waals surface area contributed by atoms with Crippen molar-refractivity contribution in [3.8, 4) is 68.2 Å². The van der Waals surface area contributed by atoms with Gasteiger partial charge in [0.05, 0.1) is 76.2 Å². The van der Waals surface area contributed by atoms with Crippen molar-refractivity contribution >= 4 is 39.5 Å². The number of Topliss-reactive ketones (excluding diaryl/α,β-unsaturated/α-hetero) is 1. The number of nitrogen functional groups attached to an aromatic ring is 1. The first kappa shape index (κ1) is 63.4. The fourth-order valence-corrected chi connectivity index (χ4v) is 10.6. The Balaban J connectivity index is 0.000000166. The number of hydrogen-bond donors (Lipinski definition) is 2. The van der Waals surface area contributed by atoms with E-state index in [0.717, 1.165) is 90.7 Å². The lowest BCUT2D eigenvalue weighted by atomic mass is 9.98. The summed E-state index contributed by atoms with van der Waals surface area (Å²) in [5.41, 5.74) is 10.7. The van der Waals surface area contributed by atoms with Crippen LogP contribution in [0.1, 0.15) is 63.4 Å². The molecule has 0 radical (unpaired) electrons. The van der Waals surface area contributed by atoms with Gasteiger partial charge in [0.2, 0.25) is 11.4 Å². The molecule has 0 unspecified atom stereocenters. The molecule has 91 heavy (non-hydrogen) atoms. The van der Waals surface area contributed by atoms with Gasteiger partial charge >= 0.3 is 5.97 Å². The van der Waals surface area contributed by atoms with Crippen LogP contribution in [0.15, 0.2) is 156 Å². The first-order valence-corrected chi connectivity index (χ1v) is 29.5. The van der Waals surface area contributed by atoms with Crippen molar-refractivity contribution in [3.63, 3.8) is 0 Å². The molecule has 2 saturated heterocycles. The number of rotatable bonds is 18. The molecule has 468 valence electrons. The molecule has 0 spiro atoms. The number of nitrogens with zero attached hydrogens (tertiary/aromatic N) is 8. The summed E-state index contributed by atoms with van der Waals surface area (Å²) in [6, 6.07) is 26.0. The minimum Gasteiger partial charge on any atom is -0.493 e. The number of benzene rings is 4. The number of ketones is 1. The van der Waals surface area contributed by atoms with E-state index in [0.29, 0.717) is 87.6 Å². The second kappa shape index (κ2) is 29.6. The zero-order chi connectivity index (χ0) is 64.0. The van der Waals surface area contributed by atoms with Gasteiger partial charge in [-0.05, 0) is 86.8 Å². The Bertz CT molecular complexity index is 4300. The van der Waals surface area contributed by atoms with Crippen LogP contribution < -0.4 is 45.0 Å². The van der Waals surface area contributed by atoms with Gasteiger partial charge in [0.25, 0.3) is 0 Å². The van der Waals surface area contributed by atoms with Crippen LogP contribution in [0, 0.1) is 25.7 Å². The molecule has 8 heterocycles. The number of nitrogens with two attached hydrogens (primary N) is 1. The average molecular weight is 1230 g/mol. The van der Waals surface area contributed by atoms with Gasteiger partial charge in [-0.3, -0.25) is 24.4 Å². The number of carboxylic acid groups (broad SMARTS) is 1. The maximum absolute atomic E-state index is 13.6. The molecule has 0 amide bonds. The molecule has 0 bridgehead atoms. The summed E-state index contributed by atoms with van der Waals surface area (Å²) in [7, 11) is 6.29. The summed E-state index contributed by atoms with van der Waals surface area (Å²) in [5, 5.41) is 10.9. The highest BCUT2D eigenvalue weighted by Gasteiger charge is 2.23. The molecular weight excluding hydrogens is 1160 g/mol. The standard InChI is InChI=1S/C35H34N4O6.C19H21NO4.C15H14N4O3/c1-22-4-6-24(7-5-22)27-20-39(19-23-9-12-44-13-10-23)21-28(35(27)41)30(40)16-34-37-17-25(18-38-34)45-31-8-11-36-29-15-33(43-3)32(42-2)14-26(29)31;1-13-2-4-15(5-3-13)16-11-20(10-14-6-8-24-9-7-14)12-17(18(16)21)19(22)23;1-20-13-5-10-11(6-14(13)21-2)17-4-3-12(10)22-9-7-18-15(16)19-8-9/h4-8,11,14-15,17-18,20-21,23H,9-10,12-13,16,19H2,1-3H3;2-5,11-12,14H,6-10H2,1H3,(H,22,23);3-8H,1-2H3,(H2,16,18,19). The number of ether oxygens (including phenoxy) is 8. The Hall–Kier alpha value is -10.6. The average Bonchev–Trinajstić information content (AvgIpc) is 1.12. The van der Waals surface area contributed by atoms with Crippen LogP contribution in [-0.2, 0) is 29.0 Å². The molecule has 22 nitrogen and oxygen atoms in total. The molecule has 12 rings (SSSR count). The second-order valence-electron chi connectivity index (χ2n) is 21.9. The first-order valence-electron chi connectivity index (χ1n) is 29.5. The number of carbonyl (C=O) groups is 2. The number of pyridine rings is 4. The maximum atomic E-state index is 13.6. The highest BCUT2D eigenvalue weighted by atomic mass is 16.5. The van der Waals surface area contributed by atoms with E-state index in [1.807, 2.05) is 83.8 Å². The Kier molecular flexibility index (Phi) is 20.6. The van der Waals surface area contributed by atoms with Gasteiger partial charge in [-0.25, -0.2) is 24.7 Å². The molecular formula is C69H69N9O13. The van der Waals surface area contributed by atoms with Crippen molar-refractivity contribution < 1.29 is 52.6 Å². The minimum absolute atomic E-state index is 0.122.